The number of benzene rings is 12. The molecule has 12 aromatic carbocycles. The van der Waals surface area contributed by atoms with Gasteiger partial charge in [-0.25, -0.2) is 0 Å². The van der Waals surface area contributed by atoms with Gasteiger partial charge in [0.25, 0.3) is 0 Å². The average Bonchev–Trinajstić information content (AvgIpc) is 1.59. The molecule has 0 spiro atoms. The molecule has 0 aliphatic carbocycles. The van der Waals surface area contributed by atoms with Gasteiger partial charge in [0.15, 0.2) is 0 Å². The molecule has 121 heavy (non-hydrogen) atoms. The quantitative estimate of drug-likeness (QED) is 0.106. The maximum absolute atomic E-state index is 5.14. The molecule has 0 aliphatic rings. The Morgan fingerprint density at radius 3 is 1.31 bits per heavy atom. The van der Waals surface area contributed by atoms with E-state index in [1.54, 1.807) is 0 Å². The van der Waals surface area contributed by atoms with Crippen LogP contribution in [-0.4, -0.2) is 34.5 Å². The van der Waals surface area contributed by atoms with Crippen molar-refractivity contribution in [2.24, 2.45) is 0 Å². The molecule has 0 amide bonds. The fraction of sp³-hybridized carbons (Fsp3) is 0.101. The van der Waals surface area contributed by atoms with Crippen LogP contribution in [0.4, 0.5) is 17.2 Å². The second-order valence-electron chi connectivity index (χ2n) is 31.1. The molecule has 0 atom stereocenters. The summed E-state index contributed by atoms with van der Waals surface area (Å²) in [6.07, 6.45) is 9.85. The molecule has 0 saturated heterocycles. The molecule has 8 nitrogen and oxygen atoms in total. The van der Waals surface area contributed by atoms with E-state index >= 15 is 0 Å². The molecule has 0 bridgehead atoms. The number of rotatable bonds is 13. The van der Waals surface area contributed by atoms with E-state index < -0.39 is 0 Å². The molecule has 2 radical (unpaired) electrons. The van der Waals surface area contributed by atoms with Crippen molar-refractivity contribution in [2.45, 2.75) is 72.6 Å². The summed E-state index contributed by atoms with van der Waals surface area (Å²) in [5.41, 5.74) is 26.9. The molecule has 12 heteroatoms. The van der Waals surface area contributed by atoms with E-state index in [4.69, 9.17) is 4.98 Å². The van der Waals surface area contributed by atoms with Crippen LogP contribution >= 0.6 is 0 Å². The number of nitrogens with zero attached hydrogens (tertiary/aromatic N) is 8. The summed E-state index contributed by atoms with van der Waals surface area (Å²) in [6.45, 7) is 17.9. The Balaban J connectivity index is 0.000000150. The molecule has 19 rings (SSSR count). The second kappa shape index (κ2) is 40.6. The predicted molar refractivity (Wildman–Crippen MR) is 484 cm³/mol. The predicted octanol–water partition coefficient (Wildman–Crippen LogP) is 27.3. The van der Waals surface area contributed by atoms with Crippen molar-refractivity contribution in [3.05, 3.63) is 434 Å². The minimum absolute atomic E-state index is 0. The van der Waals surface area contributed by atoms with E-state index in [1.807, 2.05) is 164 Å². The normalized spacial score (nSPS) is 10.9. The molecule has 0 fully saturated rings. The molecule has 7 heterocycles. The third-order valence-corrected chi connectivity index (χ3v) is 20.7. The maximum Gasteiger partial charge on any atom is 2.00 e. The Labute approximate surface area is 766 Å². The summed E-state index contributed by atoms with van der Waals surface area (Å²) in [4.78, 5) is 30.0. The second-order valence-corrected chi connectivity index (χ2v) is 31.1. The number of hydrogen-bond acceptors (Lipinski definition) is 7. The average molecular weight is 2280 g/mol. The number of anilines is 3. The van der Waals surface area contributed by atoms with Gasteiger partial charge in [0.05, 0.1) is 11.0 Å². The number of fused-ring (bicyclic) bond motifs is 5. The SMILES string of the molecule is CC(C)(C)c1cc(N(c2[c-]c(-c3ccccn3)ccc2)c2cccc(-c3[c-]cccc3)n2)cc(C(C)(C)C)c1.Cc1ccc(C)c(-c2cc[c-]c(-c3ccccn3)c2)c1.[Ir].[Ir].[Pt+2].[Pt+2].[c-]1c(Cc2[c-]c(-c3ccccn3)c3ccccc3c2)cc2ccccc2c1-c1ccccn1.[c-]1ccc(-n2c3ccccc3c3ccccc32)cc1-c1ccccn1. The van der Waals surface area contributed by atoms with E-state index in [0.717, 1.165) is 119 Å². The fourth-order valence-electron chi connectivity index (χ4n) is 14.8. The zero-order valence-corrected chi connectivity index (χ0v) is 77.6. The van der Waals surface area contributed by atoms with E-state index in [9.17, 15) is 0 Å². The third kappa shape index (κ3) is 21.0. The van der Waals surface area contributed by atoms with Gasteiger partial charge < -0.3 is 34.4 Å². The number of aryl methyl sites for hydroxylation is 2. The Bertz CT molecular complexity index is 6370. The van der Waals surface area contributed by atoms with Crippen LogP contribution in [0.3, 0.4) is 0 Å². The first-order valence-corrected chi connectivity index (χ1v) is 39.6. The van der Waals surface area contributed by atoms with Gasteiger partial charge in [0, 0.05) is 87.7 Å². The van der Waals surface area contributed by atoms with Crippen molar-refractivity contribution in [3.8, 4) is 84.4 Å². The van der Waals surface area contributed by atoms with Crippen LogP contribution in [0.25, 0.3) is 128 Å². The van der Waals surface area contributed by atoms with Crippen LogP contribution in [0.1, 0.15) is 74.9 Å². The van der Waals surface area contributed by atoms with Crippen LogP contribution in [0, 0.1) is 50.2 Å². The van der Waals surface area contributed by atoms with Crippen molar-refractivity contribution in [3.63, 3.8) is 0 Å². The standard InChI is InChI=1S/C36H35N3.C31H20N2.C23H15N2.C19H16N.2Ir.2Pt/c1-35(2,3)28-23-29(36(4,5)6)25-31(24-28)39(30-17-12-16-27(22-30)32-18-10-11-21-37-32)34-20-13-19-33(38-34)26-14-8-7-9-15-26;1-3-11-26-24(9-1)18-22(20-28(26)30-13-5-7-15-32-30)17-23-19-25-10-2-4-12-27(25)29(21-23)31-14-6-8-16-33-31;1-3-13-22-19(10-1)20-11-2-4-14-23(20)25(22)18-9-7-8-17(16-18)21-12-5-6-15-24-21;1-14-9-10-15(2)18(12-14)16-6-5-7-17(13-16)19-8-3-4-11-20-19;;;;/h7-14,16-21,23-25H,1-6H3;1-16,18-19H,17H2;1-7,9-16H;3-6,8-13H,1-2H3;;;;/q2*-2;2*-1;;;2*+2. The van der Waals surface area contributed by atoms with Gasteiger partial charge in [-0.1, -0.05) is 240 Å². The summed E-state index contributed by atoms with van der Waals surface area (Å²) in [7, 11) is 0. The summed E-state index contributed by atoms with van der Waals surface area (Å²) in [5, 5.41) is 7.25. The third-order valence-electron chi connectivity index (χ3n) is 20.7. The van der Waals surface area contributed by atoms with Crippen LogP contribution < -0.4 is 4.90 Å². The van der Waals surface area contributed by atoms with Crippen molar-refractivity contribution < 1.29 is 82.3 Å². The smallest absolute Gasteiger partial charge is 0.327 e. The molecular formula is C109H86Ir2N8Pt2-2. The Hall–Kier alpha value is -11.7. The topological polar surface area (TPSA) is 85.5 Å². The summed E-state index contributed by atoms with van der Waals surface area (Å²) in [5.74, 6) is 0.824. The van der Waals surface area contributed by atoms with E-state index in [2.05, 4.69) is 326 Å². The molecule has 0 N–H and O–H groups in total. The Morgan fingerprint density at radius 2 is 0.793 bits per heavy atom. The van der Waals surface area contributed by atoms with E-state index in [0.29, 0.717) is 0 Å². The van der Waals surface area contributed by atoms with Gasteiger partial charge in [-0.05, 0) is 160 Å². The Kier molecular flexibility index (Phi) is 29.7. The zero-order valence-electron chi connectivity index (χ0n) is 68.2. The van der Waals surface area contributed by atoms with Gasteiger partial charge in [0.2, 0.25) is 0 Å². The first kappa shape index (κ1) is 88.6. The number of aromatic nitrogens is 7. The Morgan fingerprint density at radius 1 is 0.347 bits per heavy atom. The van der Waals surface area contributed by atoms with Gasteiger partial charge in [0.1, 0.15) is 5.82 Å². The van der Waals surface area contributed by atoms with Gasteiger partial charge in [-0.15, -0.1) is 188 Å². The molecule has 0 unspecified atom stereocenters. The largest absolute Gasteiger partial charge is 2.00 e. The van der Waals surface area contributed by atoms with Crippen LogP contribution in [0.15, 0.2) is 365 Å². The van der Waals surface area contributed by atoms with Crippen molar-refractivity contribution in [2.75, 3.05) is 4.90 Å². The summed E-state index contributed by atoms with van der Waals surface area (Å²) >= 11 is 0. The number of hydrogen-bond donors (Lipinski definition) is 0. The molecule has 0 aliphatic heterocycles. The van der Waals surface area contributed by atoms with Crippen LogP contribution in [-0.2, 0) is 99.6 Å². The van der Waals surface area contributed by atoms with Crippen molar-refractivity contribution >= 4 is 60.5 Å². The van der Waals surface area contributed by atoms with Crippen LogP contribution in [0.5, 0.6) is 0 Å². The van der Waals surface area contributed by atoms with Gasteiger partial charge in [-0.2, -0.15) is 0 Å². The first-order chi connectivity index (χ1) is 57.1. The maximum atomic E-state index is 5.14. The molecule has 19 aromatic rings. The fourth-order valence-corrected chi connectivity index (χ4v) is 14.8. The number of para-hydroxylation sites is 2. The minimum atomic E-state index is -0.0184. The van der Waals surface area contributed by atoms with Gasteiger partial charge in [-0.3, -0.25) is 4.98 Å². The van der Waals surface area contributed by atoms with Crippen LogP contribution in [0.2, 0.25) is 0 Å². The monoisotopic (exact) mass is 2280 g/mol. The molecule has 602 valence electrons. The van der Waals surface area contributed by atoms with Crippen molar-refractivity contribution in [1.82, 2.24) is 34.5 Å². The summed E-state index contributed by atoms with van der Waals surface area (Å²) in [6, 6.07) is 135. The van der Waals surface area contributed by atoms with E-state index in [-0.39, 0.29) is 93.2 Å². The van der Waals surface area contributed by atoms with Gasteiger partial charge >= 0.3 is 42.1 Å². The van der Waals surface area contributed by atoms with Crippen molar-refractivity contribution in [1.29, 1.82) is 0 Å². The number of pyridine rings is 6. The first-order valence-electron chi connectivity index (χ1n) is 39.6. The molecular weight excluding hydrogens is 2200 g/mol. The van der Waals surface area contributed by atoms with E-state index in [1.165, 1.54) is 66.0 Å². The summed E-state index contributed by atoms with van der Waals surface area (Å²) < 4.78 is 2.31. The minimum Gasteiger partial charge on any atom is -0.327 e. The molecule has 0 saturated carbocycles. The zero-order chi connectivity index (χ0) is 80.2. The molecule has 7 aromatic heterocycles.